The Labute approximate surface area is 80.4 Å². The van der Waals surface area contributed by atoms with E-state index in [1.54, 1.807) is 35.3 Å². The first kappa shape index (κ1) is 8.50. The number of carbonyl (C=O) groups excluding carboxylic acids is 1. The third kappa shape index (κ3) is 1.37. The number of rotatable bonds is 2. The van der Waals surface area contributed by atoms with Crippen molar-refractivity contribution >= 4 is 6.29 Å². The van der Waals surface area contributed by atoms with Crippen molar-refractivity contribution in [1.82, 2.24) is 9.78 Å². The maximum Gasteiger partial charge on any atom is 0.153 e. The maximum atomic E-state index is 10.6. The normalized spacial score (nSPS) is 10.0. The van der Waals surface area contributed by atoms with Crippen LogP contribution in [0.25, 0.3) is 5.69 Å². The van der Waals surface area contributed by atoms with Gasteiger partial charge >= 0.3 is 0 Å². The Kier molecular flexibility index (Phi) is 2.02. The molecule has 1 aromatic carbocycles. The number of hydrogen-bond acceptors (Lipinski definition) is 3. The lowest BCUT2D eigenvalue weighted by molar-refractivity contribution is 0.112. The van der Waals surface area contributed by atoms with Crippen LogP contribution in [0.1, 0.15) is 10.4 Å². The molecule has 70 valence electrons. The molecule has 0 unspecified atom stereocenters. The van der Waals surface area contributed by atoms with E-state index in [2.05, 4.69) is 5.10 Å². The third-order valence-electron chi connectivity index (χ3n) is 1.91. The largest absolute Gasteiger partial charge is 0.507 e. The van der Waals surface area contributed by atoms with Crippen LogP contribution in [-0.2, 0) is 0 Å². The molecule has 0 aliphatic rings. The first-order valence-electron chi connectivity index (χ1n) is 4.09. The van der Waals surface area contributed by atoms with E-state index >= 15 is 0 Å². The summed E-state index contributed by atoms with van der Waals surface area (Å²) in [5, 5.41) is 13.3. The second-order valence-corrected chi connectivity index (χ2v) is 2.81. The number of aromatic hydroxyl groups is 1. The summed E-state index contributed by atoms with van der Waals surface area (Å²) in [6.45, 7) is 0. The molecule has 0 aliphatic heterocycles. The molecule has 4 nitrogen and oxygen atoms in total. The molecule has 0 bridgehead atoms. The topological polar surface area (TPSA) is 55.1 Å². The SMILES string of the molecule is O=Cc1cc(-n2cccn2)ccc1O. The number of carbonyl (C=O) groups is 1. The van der Waals surface area contributed by atoms with Gasteiger partial charge in [-0.2, -0.15) is 5.10 Å². The van der Waals surface area contributed by atoms with E-state index in [4.69, 9.17) is 0 Å². The van der Waals surface area contributed by atoms with E-state index in [0.717, 1.165) is 5.69 Å². The number of aldehydes is 1. The fraction of sp³-hybridized carbons (Fsp3) is 0. The van der Waals surface area contributed by atoms with Crippen LogP contribution in [0.5, 0.6) is 5.75 Å². The Bertz CT molecular complexity index is 449. The summed E-state index contributed by atoms with van der Waals surface area (Å²) in [5.41, 5.74) is 1.01. The molecule has 0 amide bonds. The van der Waals surface area contributed by atoms with Crippen molar-refractivity contribution in [3.05, 3.63) is 42.2 Å². The van der Waals surface area contributed by atoms with Crippen molar-refractivity contribution in [2.45, 2.75) is 0 Å². The van der Waals surface area contributed by atoms with E-state index < -0.39 is 0 Å². The lowest BCUT2D eigenvalue weighted by atomic mass is 10.2. The summed E-state index contributed by atoms with van der Waals surface area (Å²) < 4.78 is 1.62. The summed E-state index contributed by atoms with van der Waals surface area (Å²) in [4.78, 5) is 10.6. The molecule has 0 fully saturated rings. The standard InChI is InChI=1S/C10H8N2O2/c13-7-8-6-9(2-3-10(8)14)12-5-1-4-11-12/h1-7,14H. The molecule has 1 aromatic heterocycles. The predicted octanol–water partition coefficient (Wildman–Crippen LogP) is 1.39. The van der Waals surface area contributed by atoms with Crippen molar-refractivity contribution < 1.29 is 9.90 Å². The quantitative estimate of drug-likeness (QED) is 0.724. The van der Waals surface area contributed by atoms with Crippen LogP contribution < -0.4 is 0 Å². The highest BCUT2D eigenvalue weighted by atomic mass is 16.3. The zero-order valence-corrected chi connectivity index (χ0v) is 7.29. The van der Waals surface area contributed by atoms with Gasteiger partial charge in [0.1, 0.15) is 5.75 Å². The molecule has 0 atom stereocenters. The minimum absolute atomic E-state index is 0.0177. The molecule has 4 heteroatoms. The van der Waals surface area contributed by atoms with Crippen molar-refractivity contribution in [1.29, 1.82) is 0 Å². The Morgan fingerprint density at radius 1 is 1.43 bits per heavy atom. The van der Waals surface area contributed by atoms with Crippen LogP contribution in [-0.4, -0.2) is 21.2 Å². The van der Waals surface area contributed by atoms with Gasteiger partial charge in [0.05, 0.1) is 11.3 Å². The maximum absolute atomic E-state index is 10.6. The van der Waals surface area contributed by atoms with Gasteiger partial charge in [-0.25, -0.2) is 4.68 Å². The molecule has 1 heterocycles. The molecule has 14 heavy (non-hydrogen) atoms. The van der Waals surface area contributed by atoms with E-state index in [0.29, 0.717) is 6.29 Å². The number of phenolic OH excluding ortho intramolecular Hbond substituents is 1. The first-order valence-corrected chi connectivity index (χ1v) is 4.09. The van der Waals surface area contributed by atoms with Gasteiger partial charge in [-0.1, -0.05) is 0 Å². The zero-order chi connectivity index (χ0) is 9.97. The Morgan fingerprint density at radius 2 is 2.29 bits per heavy atom. The average Bonchev–Trinajstić information content (AvgIpc) is 2.71. The number of nitrogens with zero attached hydrogens (tertiary/aromatic N) is 2. The number of benzene rings is 1. The van der Waals surface area contributed by atoms with Crippen LogP contribution in [0.4, 0.5) is 0 Å². The minimum Gasteiger partial charge on any atom is -0.507 e. The Morgan fingerprint density at radius 3 is 2.93 bits per heavy atom. The molecule has 2 aromatic rings. The Hall–Kier alpha value is -2.10. The summed E-state index contributed by atoms with van der Waals surface area (Å²) in [6, 6.07) is 6.53. The highest BCUT2D eigenvalue weighted by molar-refractivity contribution is 5.80. The van der Waals surface area contributed by atoms with Gasteiger partial charge in [0.25, 0.3) is 0 Å². The molecular formula is C10H8N2O2. The van der Waals surface area contributed by atoms with Gasteiger partial charge in [0.2, 0.25) is 0 Å². The number of hydrogen-bond donors (Lipinski definition) is 1. The van der Waals surface area contributed by atoms with E-state index in [9.17, 15) is 9.90 Å². The molecule has 1 N–H and O–H groups in total. The second-order valence-electron chi connectivity index (χ2n) is 2.81. The predicted molar refractivity (Wildman–Crippen MR) is 50.6 cm³/mol. The van der Waals surface area contributed by atoms with Gasteiger partial charge in [0, 0.05) is 12.4 Å². The van der Waals surface area contributed by atoms with Crippen molar-refractivity contribution in [3.8, 4) is 11.4 Å². The minimum atomic E-state index is -0.0177. The van der Waals surface area contributed by atoms with E-state index in [-0.39, 0.29) is 11.3 Å². The van der Waals surface area contributed by atoms with Crippen molar-refractivity contribution in [2.75, 3.05) is 0 Å². The van der Waals surface area contributed by atoms with E-state index in [1.165, 1.54) is 6.07 Å². The molecule has 0 spiro atoms. The molecule has 0 aliphatic carbocycles. The fourth-order valence-corrected chi connectivity index (χ4v) is 1.20. The summed E-state index contributed by atoms with van der Waals surface area (Å²) >= 11 is 0. The van der Waals surface area contributed by atoms with Gasteiger partial charge in [0.15, 0.2) is 6.29 Å². The van der Waals surface area contributed by atoms with Gasteiger partial charge in [-0.05, 0) is 24.3 Å². The lowest BCUT2D eigenvalue weighted by Crippen LogP contribution is -1.95. The van der Waals surface area contributed by atoms with Crippen molar-refractivity contribution in [3.63, 3.8) is 0 Å². The first-order chi connectivity index (χ1) is 6.81. The van der Waals surface area contributed by atoms with Gasteiger partial charge < -0.3 is 5.11 Å². The van der Waals surface area contributed by atoms with Crippen molar-refractivity contribution in [2.24, 2.45) is 0 Å². The van der Waals surface area contributed by atoms with Crippen LogP contribution in [0, 0.1) is 0 Å². The molecule has 2 rings (SSSR count). The monoisotopic (exact) mass is 188 g/mol. The third-order valence-corrected chi connectivity index (χ3v) is 1.91. The van der Waals surface area contributed by atoms with Gasteiger partial charge in [-0.3, -0.25) is 4.79 Å². The summed E-state index contributed by atoms with van der Waals surface area (Å²) in [5.74, 6) is -0.0177. The highest BCUT2D eigenvalue weighted by Crippen LogP contribution is 2.18. The van der Waals surface area contributed by atoms with Crippen LogP contribution in [0.3, 0.4) is 0 Å². The fourth-order valence-electron chi connectivity index (χ4n) is 1.20. The summed E-state index contributed by atoms with van der Waals surface area (Å²) in [7, 11) is 0. The number of phenols is 1. The molecule has 0 radical (unpaired) electrons. The molecule has 0 saturated carbocycles. The second kappa shape index (κ2) is 3.33. The highest BCUT2D eigenvalue weighted by Gasteiger charge is 2.02. The lowest BCUT2D eigenvalue weighted by Gasteiger charge is -2.02. The Balaban J connectivity index is 2.51. The van der Waals surface area contributed by atoms with Crippen LogP contribution in [0.15, 0.2) is 36.7 Å². The van der Waals surface area contributed by atoms with Crippen LogP contribution in [0.2, 0.25) is 0 Å². The molecular weight excluding hydrogens is 180 g/mol. The summed E-state index contributed by atoms with van der Waals surface area (Å²) in [6.07, 6.45) is 4.02. The zero-order valence-electron chi connectivity index (χ0n) is 7.29. The number of aromatic nitrogens is 2. The average molecular weight is 188 g/mol. The van der Waals surface area contributed by atoms with E-state index in [1.807, 2.05) is 0 Å². The van der Waals surface area contributed by atoms with Crippen LogP contribution >= 0.6 is 0 Å². The smallest absolute Gasteiger partial charge is 0.153 e. The van der Waals surface area contributed by atoms with Gasteiger partial charge in [-0.15, -0.1) is 0 Å². The molecule has 0 saturated heterocycles.